The van der Waals surface area contributed by atoms with E-state index in [0.29, 0.717) is 6.04 Å². The van der Waals surface area contributed by atoms with Crippen LogP contribution in [0.1, 0.15) is 19.4 Å². The van der Waals surface area contributed by atoms with E-state index in [2.05, 4.69) is 23.6 Å². The third kappa shape index (κ3) is 4.60. The molecule has 1 aliphatic rings. The number of rotatable bonds is 5. The van der Waals surface area contributed by atoms with Gasteiger partial charge in [0.05, 0.1) is 16.6 Å². The van der Waals surface area contributed by atoms with Crippen LogP contribution >= 0.6 is 0 Å². The molecule has 1 aliphatic carbocycles. The number of sulfonamides is 1. The lowest BCUT2D eigenvalue weighted by Crippen LogP contribution is -2.86. The van der Waals surface area contributed by atoms with Gasteiger partial charge in [-0.15, -0.1) is 0 Å². The summed E-state index contributed by atoms with van der Waals surface area (Å²) in [6.07, 6.45) is 6.38. The minimum Gasteiger partial charge on any atom is -0.763 e. The lowest BCUT2D eigenvalue weighted by molar-refractivity contribution is -0.698. The van der Waals surface area contributed by atoms with Crippen molar-refractivity contribution in [3.63, 3.8) is 0 Å². The molecule has 0 bridgehead atoms. The van der Waals surface area contributed by atoms with Crippen LogP contribution in [0.5, 0.6) is 0 Å². The molecule has 23 heavy (non-hydrogen) atoms. The van der Waals surface area contributed by atoms with E-state index in [9.17, 15) is 8.42 Å². The van der Waals surface area contributed by atoms with Crippen LogP contribution in [0, 0.1) is 0 Å². The van der Waals surface area contributed by atoms with Crippen LogP contribution in [0.2, 0.25) is 0 Å². The van der Waals surface area contributed by atoms with E-state index >= 15 is 0 Å². The first-order chi connectivity index (χ1) is 10.9. The molecule has 0 spiro atoms. The Morgan fingerprint density at radius 3 is 2.43 bits per heavy atom. The monoisotopic (exact) mass is 329 g/mol. The van der Waals surface area contributed by atoms with Crippen LogP contribution in [0.4, 0.5) is 0 Å². The zero-order valence-corrected chi connectivity index (χ0v) is 13.9. The highest BCUT2D eigenvalue weighted by atomic mass is 32.2. The van der Waals surface area contributed by atoms with Gasteiger partial charge in [0.2, 0.25) is 0 Å². The summed E-state index contributed by atoms with van der Waals surface area (Å²) in [5.41, 5.74) is 1.45. The molecule has 1 aromatic carbocycles. The molecule has 6 heteroatoms. The minimum absolute atomic E-state index is 0.124. The van der Waals surface area contributed by atoms with Gasteiger partial charge in [0.1, 0.15) is 6.54 Å². The highest BCUT2D eigenvalue weighted by molar-refractivity contribution is 7.90. The standard InChI is InChI=1S/C17H18N3O2S/c1-13(2)19-12-14-7-9-16(10-8-14)23(21,22)20-17-6-4-3-5-15(17)11-18/h3-10,13,19H,12H2,1-2H3/q-1/p+1/b20-17-. The Balaban J connectivity index is 2.25. The molecule has 0 saturated carbocycles. The first kappa shape index (κ1) is 17.1. The first-order valence-corrected chi connectivity index (χ1v) is 8.76. The number of hydrogen-bond donors (Lipinski definition) is 1. The van der Waals surface area contributed by atoms with Crippen LogP contribution in [0.25, 0.3) is 5.41 Å². The van der Waals surface area contributed by atoms with Crippen molar-refractivity contribution in [2.75, 3.05) is 0 Å². The van der Waals surface area contributed by atoms with Crippen molar-refractivity contribution in [2.45, 2.75) is 31.3 Å². The van der Waals surface area contributed by atoms with E-state index in [1.54, 1.807) is 42.5 Å². The number of hydrogen-bond acceptors (Lipinski definition) is 2. The number of nitrogens with zero attached hydrogens (tertiary/aromatic N) is 2. The zero-order chi connectivity index (χ0) is 16.9. The fourth-order valence-electron chi connectivity index (χ4n) is 2.00. The molecular weight excluding hydrogens is 310 g/mol. The third-order valence-corrected chi connectivity index (χ3v) is 4.59. The minimum atomic E-state index is -3.83. The van der Waals surface area contributed by atoms with Crippen LogP contribution in [0.3, 0.4) is 0 Å². The van der Waals surface area contributed by atoms with Gasteiger partial charge in [-0.05, 0) is 38.1 Å². The maximum absolute atomic E-state index is 12.4. The van der Waals surface area contributed by atoms with Gasteiger partial charge in [0.15, 0.2) is 0 Å². The van der Waals surface area contributed by atoms with Gasteiger partial charge in [-0.2, -0.15) is 12.8 Å². The van der Waals surface area contributed by atoms with Gasteiger partial charge in [0, 0.05) is 11.1 Å². The van der Waals surface area contributed by atoms with Gasteiger partial charge in [-0.1, -0.05) is 24.3 Å². The van der Waals surface area contributed by atoms with E-state index in [-0.39, 0.29) is 16.2 Å². The number of quaternary nitrogens is 1. The van der Waals surface area contributed by atoms with Crippen molar-refractivity contribution in [1.82, 2.24) is 0 Å². The normalized spacial score (nSPS) is 16.1. The maximum atomic E-state index is 12.4. The summed E-state index contributed by atoms with van der Waals surface area (Å²) >= 11 is 0. The summed E-state index contributed by atoms with van der Waals surface area (Å²) in [4.78, 5) is 0.124. The molecule has 0 aliphatic heterocycles. The van der Waals surface area contributed by atoms with Crippen molar-refractivity contribution < 1.29 is 13.7 Å². The molecule has 0 aromatic heterocycles. The second-order valence-corrected chi connectivity index (χ2v) is 7.13. The van der Waals surface area contributed by atoms with Gasteiger partial charge >= 0.3 is 0 Å². The van der Waals surface area contributed by atoms with Crippen molar-refractivity contribution in [2.24, 2.45) is 4.40 Å². The summed E-state index contributed by atoms with van der Waals surface area (Å²) in [5.74, 6) is 1.94. The molecule has 1 aromatic rings. The van der Waals surface area contributed by atoms with E-state index in [4.69, 9.17) is 5.41 Å². The van der Waals surface area contributed by atoms with E-state index in [0.717, 1.165) is 12.1 Å². The fourth-order valence-corrected chi connectivity index (χ4v) is 3.00. The Hall–Kier alpha value is -2.27. The van der Waals surface area contributed by atoms with E-state index in [1.165, 1.54) is 6.08 Å². The molecule has 0 fully saturated rings. The summed E-state index contributed by atoms with van der Waals surface area (Å²) in [5, 5.41) is 11.2. The number of benzene rings is 1. The van der Waals surface area contributed by atoms with Crippen LogP contribution in [-0.4, -0.2) is 26.0 Å². The molecule has 120 valence electrons. The predicted molar refractivity (Wildman–Crippen MR) is 92.0 cm³/mol. The van der Waals surface area contributed by atoms with E-state index < -0.39 is 10.0 Å². The smallest absolute Gasteiger partial charge is 0.282 e. The molecular formula is C17H19N3O2S. The lowest BCUT2D eigenvalue weighted by atomic mass is 10.1. The SMILES string of the molecule is CC(C)[NH2+]Cc1ccc(S(=O)(=O)/N=C2/C=CC=CC2=C=[N-])cc1. The number of nitrogens with two attached hydrogens (primary N) is 1. The average Bonchev–Trinajstić information content (AvgIpc) is 2.53. The summed E-state index contributed by atoms with van der Waals surface area (Å²) in [7, 11) is -3.83. The molecule has 0 radical (unpaired) electrons. The largest absolute Gasteiger partial charge is 0.763 e. The van der Waals surface area contributed by atoms with Gasteiger partial charge < -0.3 is 10.7 Å². The van der Waals surface area contributed by atoms with Crippen molar-refractivity contribution >= 4 is 21.6 Å². The topological polar surface area (TPSA) is 85.4 Å². The van der Waals surface area contributed by atoms with Crippen LogP contribution < -0.4 is 5.32 Å². The van der Waals surface area contributed by atoms with Crippen LogP contribution in [-0.2, 0) is 16.6 Å². The number of allylic oxidation sites excluding steroid dienone is 5. The lowest BCUT2D eigenvalue weighted by Gasteiger charge is -2.07. The molecule has 0 amide bonds. The second kappa shape index (κ2) is 7.33. The Morgan fingerprint density at radius 1 is 1.17 bits per heavy atom. The van der Waals surface area contributed by atoms with Gasteiger partial charge in [-0.3, -0.25) is 5.87 Å². The molecule has 0 saturated heterocycles. The zero-order valence-electron chi connectivity index (χ0n) is 13.1. The fraction of sp³-hybridized carbons (Fsp3) is 0.235. The molecule has 2 rings (SSSR count). The molecule has 2 N–H and O–H groups in total. The maximum Gasteiger partial charge on any atom is 0.282 e. The van der Waals surface area contributed by atoms with Crippen molar-refractivity contribution in [3.05, 3.63) is 65.1 Å². The summed E-state index contributed by atoms with van der Waals surface area (Å²) < 4.78 is 28.5. The predicted octanol–water partition coefficient (Wildman–Crippen LogP) is 1.58. The summed E-state index contributed by atoms with van der Waals surface area (Å²) in [6, 6.07) is 7.17. The Labute approximate surface area is 136 Å². The Morgan fingerprint density at radius 2 is 1.83 bits per heavy atom. The van der Waals surface area contributed by atoms with Crippen molar-refractivity contribution in [3.8, 4) is 0 Å². The quantitative estimate of drug-likeness (QED) is 0.832. The average molecular weight is 329 g/mol. The first-order valence-electron chi connectivity index (χ1n) is 7.32. The molecule has 0 heterocycles. The Bertz CT molecular complexity index is 810. The van der Waals surface area contributed by atoms with Gasteiger partial charge in [0.25, 0.3) is 10.0 Å². The van der Waals surface area contributed by atoms with Crippen LogP contribution in [0.15, 0.2) is 63.4 Å². The molecule has 5 nitrogen and oxygen atoms in total. The van der Waals surface area contributed by atoms with Crippen molar-refractivity contribution in [1.29, 1.82) is 0 Å². The second-order valence-electron chi connectivity index (χ2n) is 5.52. The highest BCUT2D eigenvalue weighted by Gasteiger charge is 2.15. The summed E-state index contributed by atoms with van der Waals surface area (Å²) in [6.45, 7) is 5.00. The highest BCUT2D eigenvalue weighted by Crippen LogP contribution is 2.16. The Kier molecular flexibility index (Phi) is 5.45. The van der Waals surface area contributed by atoms with Gasteiger partial charge in [-0.25, -0.2) is 0 Å². The molecule has 0 atom stereocenters. The van der Waals surface area contributed by atoms with E-state index in [1.807, 2.05) is 5.87 Å². The third-order valence-electron chi connectivity index (χ3n) is 3.29. The molecule has 0 unspecified atom stereocenters.